The predicted octanol–water partition coefficient (Wildman–Crippen LogP) is 5.02. The number of likely N-dealkylation sites (tertiary alicyclic amines) is 1. The second-order valence-corrected chi connectivity index (χ2v) is 8.45. The molecule has 0 amide bonds. The minimum atomic E-state index is -0.421. The molecule has 0 saturated carbocycles. The molecule has 7 heteroatoms. The molecule has 1 aliphatic rings. The molecular weight excluding hydrogens is 431 g/mol. The summed E-state index contributed by atoms with van der Waals surface area (Å²) in [7, 11) is 0. The maximum Gasteiger partial charge on any atom is 0.227 e. The Morgan fingerprint density at radius 1 is 1.03 bits per heavy atom. The molecular formula is C27H27FN4O2. The van der Waals surface area contributed by atoms with Gasteiger partial charge in [0, 0.05) is 42.8 Å². The topological polar surface area (TPSA) is 70.5 Å². The van der Waals surface area contributed by atoms with Gasteiger partial charge in [-0.15, -0.1) is 0 Å². The lowest BCUT2D eigenvalue weighted by molar-refractivity contribution is 0.0887. The van der Waals surface area contributed by atoms with Crippen molar-refractivity contribution in [2.24, 2.45) is 0 Å². The van der Waals surface area contributed by atoms with Gasteiger partial charge in [-0.3, -0.25) is 0 Å². The molecule has 0 spiro atoms. The number of aliphatic hydroxyl groups is 1. The van der Waals surface area contributed by atoms with Crippen molar-refractivity contribution in [3.05, 3.63) is 78.7 Å². The van der Waals surface area contributed by atoms with E-state index in [-0.39, 0.29) is 12.7 Å². The SMILES string of the molecule is OCCN1CCC(Oc2ccc(Nc3ncc4cccc(-c5ccccc5)c4n3)c(F)c2)CC1. The minimum absolute atomic E-state index is 0.0494. The largest absolute Gasteiger partial charge is 0.490 e. The highest BCUT2D eigenvalue weighted by molar-refractivity contribution is 5.93. The molecule has 0 atom stereocenters. The molecule has 2 heterocycles. The normalized spacial score (nSPS) is 14.9. The summed E-state index contributed by atoms with van der Waals surface area (Å²) < 4.78 is 20.9. The van der Waals surface area contributed by atoms with Crippen LogP contribution in [0.15, 0.2) is 72.9 Å². The van der Waals surface area contributed by atoms with Gasteiger partial charge in [0.25, 0.3) is 0 Å². The number of aromatic nitrogens is 2. The zero-order valence-corrected chi connectivity index (χ0v) is 18.8. The Morgan fingerprint density at radius 3 is 2.62 bits per heavy atom. The van der Waals surface area contributed by atoms with Gasteiger partial charge in [0.05, 0.1) is 17.8 Å². The van der Waals surface area contributed by atoms with Crippen LogP contribution in [0.4, 0.5) is 16.0 Å². The summed E-state index contributed by atoms with van der Waals surface area (Å²) in [6, 6.07) is 20.8. The Morgan fingerprint density at radius 2 is 1.85 bits per heavy atom. The van der Waals surface area contributed by atoms with E-state index in [1.165, 1.54) is 6.07 Å². The van der Waals surface area contributed by atoms with E-state index in [2.05, 4.69) is 20.2 Å². The molecule has 34 heavy (non-hydrogen) atoms. The number of hydrogen-bond acceptors (Lipinski definition) is 6. The molecule has 3 aromatic carbocycles. The van der Waals surface area contributed by atoms with Crippen molar-refractivity contribution >= 4 is 22.5 Å². The van der Waals surface area contributed by atoms with E-state index in [0.29, 0.717) is 23.9 Å². The number of aliphatic hydroxyl groups excluding tert-OH is 1. The predicted molar refractivity (Wildman–Crippen MR) is 132 cm³/mol. The van der Waals surface area contributed by atoms with Crippen LogP contribution in [0.1, 0.15) is 12.8 Å². The number of nitrogens with zero attached hydrogens (tertiary/aromatic N) is 3. The fourth-order valence-corrected chi connectivity index (χ4v) is 4.34. The Labute approximate surface area is 198 Å². The molecule has 1 aliphatic heterocycles. The van der Waals surface area contributed by atoms with Crippen LogP contribution in [0.5, 0.6) is 5.75 Å². The number of hydrogen-bond donors (Lipinski definition) is 2. The first kappa shape index (κ1) is 22.3. The van der Waals surface area contributed by atoms with Crippen molar-refractivity contribution in [1.82, 2.24) is 14.9 Å². The summed E-state index contributed by atoms with van der Waals surface area (Å²) in [6.07, 6.45) is 3.51. The lowest BCUT2D eigenvalue weighted by atomic mass is 10.0. The van der Waals surface area contributed by atoms with Gasteiger partial charge in [-0.25, -0.2) is 14.4 Å². The van der Waals surface area contributed by atoms with Crippen LogP contribution in [-0.4, -0.2) is 52.3 Å². The van der Waals surface area contributed by atoms with Gasteiger partial charge in [0.15, 0.2) is 0 Å². The molecule has 2 N–H and O–H groups in total. The van der Waals surface area contributed by atoms with Gasteiger partial charge in [-0.1, -0.05) is 48.5 Å². The average Bonchev–Trinajstić information content (AvgIpc) is 2.87. The van der Waals surface area contributed by atoms with E-state index in [1.54, 1.807) is 18.3 Å². The number of nitrogens with one attached hydrogen (secondary N) is 1. The standard InChI is InChI=1S/C27H27FN4O2/c28-24-17-22(34-21-11-13-32(14-12-21)15-16-33)9-10-25(24)30-27-29-18-20-7-4-8-23(26(20)31-27)19-5-2-1-3-6-19/h1-10,17-18,21,33H,11-16H2,(H,29,30,31). The van der Waals surface area contributed by atoms with E-state index in [9.17, 15) is 4.39 Å². The molecule has 0 bridgehead atoms. The summed E-state index contributed by atoms with van der Waals surface area (Å²) >= 11 is 0. The Kier molecular flexibility index (Phi) is 6.65. The number of benzene rings is 3. The molecule has 6 nitrogen and oxygen atoms in total. The van der Waals surface area contributed by atoms with Crippen LogP contribution in [0, 0.1) is 5.82 Å². The Hall–Kier alpha value is -3.55. The first-order valence-electron chi connectivity index (χ1n) is 11.6. The minimum Gasteiger partial charge on any atom is -0.490 e. The summed E-state index contributed by atoms with van der Waals surface area (Å²) in [5.41, 5.74) is 3.16. The number of fused-ring (bicyclic) bond motifs is 1. The molecule has 0 unspecified atom stereocenters. The van der Waals surface area contributed by atoms with Crippen LogP contribution in [0.3, 0.4) is 0 Å². The van der Waals surface area contributed by atoms with Crippen molar-refractivity contribution in [3.63, 3.8) is 0 Å². The van der Waals surface area contributed by atoms with Gasteiger partial charge in [0.1, 0.15) is 17.7 Å². The monoisotopic (exact) mass is 458 g/mol. The van der Waals surface area contributed by atoms with Crippen molar-refractivity contribution in [2.75, 3.05) is 31.6 Å². The van der Waals surface area contributed by atoms with E-state index < -0.39 is 5.82 Å². The highest BCUT2D eigenvalue weighted by atomic mass is 19.1. The highest BCUT2D eigenvalue weighted by Gasteiger charge is 2.20. The number of β-amino-alcohol motifs (C(OH)–C–C–N with tert-alkyl or cyclic N) is 1. The maximum absolute atomic E-state index is 14.9. The van der Waals surface area contributed by atoms with E-state index in [0.717, 1.165) is 48.0 Å². The Balaban J connectivity index is 1.31. The van der Waals surface area contributed by atoms with Crippen LogP contribution in [0.25, 0.3) is 22.0 Å². The van der Waals surface area contributed by atoms with E-state index in [4.69, 9.17) is 9.84 Å². The van der Waals surface area contributed by atoms with E-state index >= 15 is 0 Å². The smallest absolute Gasteiger partial charge is 0.227 e. The van der Waals surface area contributed by atoms with E-state index in [1.807, 2.05) is 48.5 Å². The number of halogens is 1. The van der Waals surface area contributed by atoms with Crippen molar-refractivity contribution in [1.29, 1.82) is 0 Å². The van der Waals surface area contributed by atoms with Crippen LogP contribution < -0.4 is 10.1 Å². The molecule has 0 radical (unpaired) electrons. The summed E-state index contributed by atoms with van der Waals surface area (Å²) in [4.78, 5) is 11.3. The number of anilines is 2. The summed E-state index contributed by atoms with van der Waals surface area (Å²) in [6.45, 7) is 2.60. The van der Waals surface area contributed by atoms with Crippen molar-refractivity contribution < 1.29 is 14.2 Å². The fourth-order valence-electron chi connectivity index (χ4n) is 4.34. The van der Waals surface area contributed by atoms with Crippen molar-refractivity contribution in [2.45, 2.75) is 18.9 Å². The number of piperidine rings is 1. The molecule has 4 aromatic rings. The lowest BCUT2D eigenvalue weighted by Crippen LogP contribution is -2.39. The second kappa shape index (κ2) is 10.2. The molecule has 174 valence electrons. The van der Waals surface area contributed by atoms with Crippen molar-refractivity contribution in [3.8, 4) is 16.9 Å². The second-order valence-electron chi connectivity index (χ2n) is 8.45. The summed E-state index contributed by atoms with van der Waals surface area (Å²) in [5, 5.41) is 13.0. The third kappa shape index (κ3) is 5.00. The number of rotatable bonds is 7. The lowest BCUT2D eigenvalue weighted by Gasteiger charge is -2.31. The molecule has 0 aliphatic carbocycles. The molecule has 1 aromatic heterocycles. The van der Waals surface area contributed by atoms with Gasteiger partial charge in [0.2, 0.25) is 5.95 Å². The van der Waals surface area contributed by atoms with Crippen LogP contribution in [0.2, 0.25) is 0 Å². The van der Waals surface area contributed by atoms with Gasteiger partial charge in [-0.05, 0) is 30.5 Å². The third-order valence-corrected chi connectivity index (χ3v) is 6.14. The fraction of sp³-hybridized carbons (Fsp3) is 0.259. The van der Waals surface area contributed by atoms with Gasteiger partial charge in [-0.2, -0.15) is 0 Å². The third-order valence-electron chi connectivity index (χ3n) is 6.14. The summed E-state index contributed by atoms with van der Waals surface area (Å²) in [5.74, 6) is 0.421. The maximum atomic E-state index is 14.9. The highest BCUT2D eigenvalue weighted by Crippen LogP contribution is 2.29. The first-order chi connectivity index (χ1) is 16.7. The average molecular weight is 459 g/mol. The van der Waals surface area contributed by atoms with Crippen LogP contribution in [-0.2, 0) is 0 Å². The first-order valence-corrected chi connectivity index (χ1v) is 11.6. The molecule has 1 fully saturated rings. The van der Waals surface area contributed by atoms with Gasteiger partial charge < -0.3 is 20.1 Å². The zero-order valence-electron chi connectivity index (χ0n) is 18.8. The van der Waals surface area contributed by atoms with Crippen LogP contribution >= 0.6 is 0 Å². The van der Waals surface area contributed by atoms with Gasteiger partial charge >= 0.3 is 0 Å². The molecule has 5 rings (SSSR count). The number of ether oxygens (including phenoxy) is 1. The Bertz CT molecular complexity index is 1260. The molecule has 1 saturated heterocycles. The number of para-hydroxylation sites is 1. The zero-order chi connectivity index (χ0) is 23.3. The quantitative estimate of drug-likeness (QED) is 0.406.